The van der Waals surface area contributed by atoms with E-state index in [9.17, 15) is 14.0 Å². The molecule has 0 unspecified atom stereocenters. The highest BCUT2D eigenvalue weighted by molar-refractivity contribution is 9.10. The maximum Gasteiger partial charge on any atom is 0.305 e. The number of rotatable bonds is 5. The molecule has 6 heteroatoms. The van der Waals surface area contributed by atoms with Crippen LogP contribution in [0.4, 0.5) is 4.39 Å². The Kier molecular flexibility index (Phi) is 5.27. The van der Waals surface area contributed by atoms with E-state index in [0.717, 1.165) is 0 Å². The SMILES string of the molecule is CN(CCC(=O)O)C(=O)Cc1ccc(F)c(Br)c1. The lowest BCUT2D eigenvalue weighted by atomic mass is 10.1. The molecule has 0 spiro atoms. The first-order valence-corrected chi connectivity index (χ1v) is 6.09. The number of carboxylic acids is 1. The number of amides is 1. The fourth-order valence-electron chi connectivity index (χ4n) is 1.35. The highest BCUT2D eigenvalue weighted by atomic mass is 79.9. The van der Waals surface area contributed by atoms with Crippen LogP contribution in [0.2, 0.25) is 0 Å². The van der Waals surface area contributed by atoms with Crippen LogP contribution in [0.5, 0.6) is 0 Å². The molecule has 1 aromatic carbocycles. The van der Waals surface area contributed by atoms with Gasteiger partial charge in [0.25, 0.3) is 0 Å². The van der Waals surface area contributed by atoms with Crippen molar-refractivity contribution in [2.75, 3.05) is 13.6 Å². The zero-order valence-electron chi connectivity index (χ0n) is 9.82. The molecule has 0 bridgehead atoms. The fourth-order valence-corrected chi connectivity index (χ4v) is 1.77. The van der Waals surface area contributed by atoms with Gasteiger partial charge in [0.2, 0.25) is 5.91 Å². The summed E-state index contributed by atoms with van der Waals surface area (Å²) in [6, 6.07) is 4.35. The first-order chi connectivity index (χ1) is 8.40. The van der Waals surface area contributed by atoms with Gasteiger partial charge >= 0.3 is 5.97 Å². The third-order valence-corrected chi connectivity index (χ3v) is 3.03. The van der Waals surface area contributed by atoms with Crippen LogP contribution in [0.1, 0.15) is 12.0 Å². The van der Waals surface area contributed by atoms with E-state index < -0.39 is 5.97 Å². The molecule has 0 heterocycles. The maximum absolute atomic E-state index is 13.0. The molecule has 0 radical (unpaired) electrons. The highest BCUT2D eigenvalue weighted by Crippen LogP contribution is 2.17. The number of hydrogen-bond acceptors (Lipinski definition) is 2. The van der Waals surface area contributed by atoms with Gasteiger partial charge in [0.15, 0.2) is 0 Å². The average Bonchev–Trinajstić information content (AvgIpc) is 2.30. The van der Waals surface area contributed by atoms with Crippen LogP contribution in [0.25, 0.3) is 0 Å². The molecule has 18 heavy (non-hydrogen) atoms. The van der Waals surface area contributed by atoms with Crippen molar-refractivity contribution in [3.05, 3.63) is 34.1 Å². The van der Waals surface area contributed by atoms with Gasteiger partial charge in [-0.05, 0) is 33.6 Å². The Morgan fingerprint density at radius 3 is 2.67 bits per heavy atom. The lowest BCUT2D eigenvalue weighted by Gasteiger charge is -2.16. The van der Waals surface area contributed by atoms with E-state index in [4.69, 9.17) is 5.11 Å². The number of carboxylic acid groups (broad SMARTS) is 1. The Hall–Kier alpha value is -1.43. The molecule has 0 atom stereocenters. The average molecular weight is 318 g/mol. The number of likely N-dealkylation sites (N-methyl/N-ethyl adjacent to an activating group) is 1. The molecular weight excluding hydrogens is 305 g/mol. The van der Waals surface area contributed by atoms with Gasteiger partial charge in [0.05, 0.1) is 17.3 Å². The topological polar surface area (TPSA) is 57.6 Å². The fraction of sp³-hybridized carbons (Fsp3) is 0.333. The number of hydrogen-bond donors (Lipinski definition) is 1. The number of benzene rings is 1. The van der Waals surface area contributed by atoms with Gasteiger partial charge in [-0.3, -0.25) is 9.59 Å². The van der Waals surface area contributed by atoms with Crippen LogP contribution in [-0.4, -0.2) is 35.5 Å². The predicted molar refractivity (Wildman–Crippen MR) is 67.7 cm³/mol. The van der Waals surface area contributed by atoms with Gasteiger partial charge in [-0.2, -0.15) is 0 Å². The molecule has 0 aromatic heterocycles. The lowest BCUT2D eigenvalue weighted by Crippen LogP contribution is -2.30. The van der Waals surface area contributed by atoms with Crippen LogP contribution >= 0.6 is 15.9 Å². The number of nitrogens with zero attached hydrogens (tertiary/aromatic N) is 1. The van der Waals surface area contributed by atoms with E-state index in [1.165, 1.54) is 23.1 Å². The van der Waals surface area contributed by atoms with Crippen LogP contribution in [0.3, 0.4) is 0 Å². The van der Waals surface area contributed by atoms with E-state index in [-0.39, 0.29) is 31.1 Å². The standard InChI is InChI=1S/C12H13BrFNO3/c1-15(5-4-12(17)18)11(16)7-8-2-3-10(14)9(13)6-8/h2-3,6H,4-5,7H2,1H3,(H,17,18). The summed E-state index contributed by atoms with van der Waals surface area (Å²) >= 11 is 3.05. The monoisotopic (exact) mass is 317 g/mol. The predicted octanol–water partition coefficient (Wildman–Crippen LogP) is 2.06. The second-order valence-corrected chi connectivity index (χ2v) is 4.74. The summed E-state index contributed by atoms with van der Waals surface area (Å²) in [6.07, 6.45) is 0.0321. The third-order valence-electron chi connectivity index (χ3n) is 2.43. The van der Waals surface area contributed by atoms with Crippen molar-refractivity contribution >= 4 is 27.8 Å². The Morgan fingerprint density at radius 1 is 1.44 bits per heavy atom. The zero-order chi connectivity index (χ0) is 13.7. The summed E-state index contributed by atoms with van der Waals surface area (Å²) in [5, 5.41) is 8.51. The van der Waals surface area contributed by atoms with Gasteiger partial charge in [-0.15, -0.1) is 0 Å². The largest absolute Gasteiger partial charge is 0.481 e. The minimum atomic E-state index is -0.945. The second-order valence-electron chi connectivity index (χ2n) is 3.88. The summed E-state index contributed by atoms with van der Waals surface area (Å²) in [7, 11) is 1.55. The van der Waals surface area contributed by atoms with Crippen LogP contribution in [0, 0.1) is 5.82 Å². The van der Waals surface area contributed by atoms with Crippen molar-refractivity contribution < 1.29 is 19.1 Å². The summed E-state index contributed by atoms with van der Waals surface area (Å²) in [6.45, 7) is 0.163. The molecule has 0 saturated heterocycles. The van der Waals surface area contributed by atoms with E-state index >= 15 is 0 Å². The Bertz CT molecular complexity index is 465. The first-order valence-electron chi connectivity index (χ1n) is 5.30. The first kappa shape index (κ1) is 14.6. The van der Waals surface area contributed by atoms with Crippen molar-refractivity contribution in [1.29, 1.82) is 0 Å². The molecule has 0 aliphatic heterocycles. The summed E-state index contributed by atoms with van der Waals surface area (Å²) in [5.41, 5.74) is 0.676. The molecule has 0 aliphatic carbocycles. The van der Waals surface area contributed by atoms with Gasteiger partial charge in [-0.25, -0.2) is 4.39 Å². The van der Waals surface area contributed by atoms with Gasteiger partial charge in [0.1, 0.15) is 5.82 Å². The maximum atomic E-state index is 13.0. The van der Waals surface area contributed by atoms with Crippen molar-refractivity contribution in [2.45, 2.75) is 12.8 Å². The second kappa shape index (κ2) is 6.49. The van der Waals surface area contributed by atoms with Crippen LogP contribution in [0.15, 0.2) is 22.7 Å². The number of aliphatic carboxylic acids is 1. The van der Waals surface area contributed by atoms with Crippen molar-refractivity contribution in [3.63, 3.8) is 0 Å². The van der Waals surface area contributed by atoms with E-state index in [0.29, 0.717) is 10.0 Å². The number of halogens is 2. The minimum absolute atomic E-state index is 0.0879. The molecule has 1 N–H and O–H groups in total. The molecule has 1 rings (SSSR count). The van der Waals surface area contributed by atoms with Crippen LogP contribution in [-0.2, 0) is 16.0 Å². The van der Waals surface area contributed by atoms with E-state index in [1.807, 2.05) is 0 Å². The van der Waals surface area contributed by atoms with Gasteiger partial charge < -0.3 is 10.0 Å². The van der Waals surface area contributed by atoms with Crippen LogP contribution < -0.4 is 0 Å². The molecular formula is C12H13BrFNO3. The molecule has 0 saturated carbocycles. The molecule has 1 amide bonds. The third kappa shape index (κ3) is 4.44. The Labute approximate surface area is 113 Å². The lowest BCUT2D eigenvalue weighted by molar-refractivity contribution is -0.138. The van der Waals surface area contributed by atoms with E-state index in [2.05, 4.69) is 15.9 Å². The Morgan fingerprint density at radius 2 is 2.11 bits per heavy atom. The number of carbonyl (C=O) groups is 2. The normalized spacial score (nSPS) is 10.2. The molecule has 4 nitrogen and oxygen atoms in total. The van der Waals surface area contributed by atoms with E-state index in [1.54, 1.807) is 7.05 Å². The minimum Gasteiger partial charge on any atom is -0.481 e. The number of carbonyl (C=O) groups excluding carboxylic acids is 1. The smallest absolute Gasteiger partial charge is 0.305 e. The van der Waals surface area contributed by atoms with Crippen molar-refractivity contribution in [3.8, 4) is 0 Å². The summed E-state index contributed by atoms with van der Waals surface area (Å²) < 4.78 is 13.3. The molecule has 1 aromatic rings. The van der Waals surface area contributed by atoms with Gasteiger partial charge in [0, 0.05) is 13.6 Å². The quantitative estimate of drug-likeness (QED) is 0.904. The molecule has 0 aliphatic rings. The molecule has 98 valence electrons. The molecule has 0 fully saturated rings. The Balaban J connectivity index is 2.58. The van der Waals surface area contributed by atoms with Gasteiger partial charge in [-0.1, -0.05) is 6.07 Å². The van der Waals surface area contributed by atoms with Crippen molar-refractivity contribution in [2.24, 2.45) is 0 Å². The zero-order valence-corrected chi connectivity index (χ0v) is 11.4. The summed E-state index contributed by atoms with van der Waals surface area (Å²) in [5.74, 6) is -1.53. The summed E-state index contributed by atoms with van der Waals surface area (Å²) in [4.78, 5) is 23.5. The van der Waals surface area contributed by atoms with Crippen molar-refractivity contribution in [1.82, 2.24) is 4.90 Å². The highest BCUT2D eigenvalue weighted by Gasteiger charge is 2.11.